The summed E-state index contributed by atoms with van der Waals surface area (Å²) in [5.74, 6) is 2.78. The van der Waals surface area contributed by atoms with Crippen LogP contribution < -0.4 is 0 Å². The lowest BCUT2D eigenvalue weighted by atomic mass is 9.96. The van der Waals surface area contributed by atoms with Gasteiger partial charge in [-0.15, -0.1) is 21.5 Å². The molecule has 0 radical (unpaired) electrons. The molecule has 2 aliphatic rings. The molecule has 6 heteroatoms. The van der Waals surface area contributed by atoms with E-state index in [1.165, 1.54) is 29.7 Å². The third-order valence-electron chi connectivity index (χ3n) is 6.18. The molecule has 2 aromatic heterocycles. The normalized spacial score (nSPS) is 20.1. The summed E-state index contributed by atoms with van der Waals surface area (Å²) in [6, 6.07) is 2.14. The molecule has 0 N–H and O–H groups in total. The molecule has 1 amide bonds. The average Bonchev–Trinajstić information content (AvgIpc) is 3.24. The summed E-state index contributed by atoms with van der Waals surface area (Å²) in [4.78, 5) is 17.6. The van der Waals surface area contributed by atoms with Crippen LogP contribution in [0.1, 0.15) is 90.1 Å². The lowest BCUT2D eigenvalue weighted by Gasteiger charge is -2.32. The van der Waals surface area contributed by atoms with Crippen LogP contribution in [0.2, 0.25) is 0 Å². The van der Waals surface area contributed by atoms with Crippen molar-refractivity contribution in [1.29, 1.82) is 0 Å². The maximum absolute atomic E-state index is 13.2. The number of rotatable bonds is 5. The minimum atomic E-state index is 0.211. The molecule has 1 atom stereocenters. The van der Waals surface area contributed by atoms with E-state index in [1.54, 1.807) is 11.3 Å². The zero-order valence-corrected chi connectivity index (χ0v) is 18.1. The molecule has 4 heterocycles. The quantitative estimate of drug-likeness (QED) is 0.737. The standard InChI is InChI=1S/C22H32N4OS/c1-3-9-18-16(4-2)14-19(28-18)22(27)25-12-8-10-17(15-25)21-24-23-20-11-6-5-7-13-26(20)21/h14,17H,3-13,15H2,1-2H3. The maximum Gasteiger partial charge on any atom is 0.263 e. The smallest absolute Gasteiger partial charge is 0.263 e. The minimum absolute atomic E-state index is 0.211. The van der Waals surface area contributed by atoms with Crippen molar-refractivity contribution in [3.63, 3.8) is 0 Å². The van der Waals surface area contributed by atoms with Gasteiger partial charge >= 0.3 is 0 Å². The molecule has 4 rings (SSSR count). The van der Waals surface area contributed by atoms with Gasteiger partial charge in [0.05, 0.1) is 4.88 Å². The van der Waals surface area contributed by atoms with Gasteiger partial charge in [0.2, 0.25) is 0 Å². The van der Waals surface area contributed by atoms with Gasteiger partial charge in [-0.05, 0) is 50.2 Å². The first-order chi connectivity index (χ1) is 13.7. The van der Waals surface area contributed by atoms with Gasteiger partial charge in [0.25, 0.3) is 5.91 Å². The van der Waals surface area contributed by atoms with Crippen LogP contribution in [0.4, 0.5) is 0 Å². The monoisotopic (exact) mass is 400 g/mol. The van der Waals surface area contributed by atoms with Crippen LogP contribution in [0.5, 0.6) is 0 Å². The van der Waals surface area contributed by atoms with Crippen LogP contribution in [0, 0.1) is 0 Å². The van der Waals surface area contributed by atoms with E-state index in [0.29, 0.717) is 5.92 Å². The highest BCUT2D eigenvalue weighted by atomic mass is 32.1. The number of thiophene rings is 1. The van der Waals surface area contributed by atoms with E-state index >= 15 is 0 Å². The lowest BCUT2D eigenvalue weighted by Crippen LogP contribution is -2.39. The summed E-state index contributed by atoms with van der Waals surface area (Å²) in [6.45, 7) is 7.06. The Morgan fingerprint density at radius 2 is 2.07 bits per heavy atom. The van der Waals surface area contributed by atoms with Crippen LogP contribution in [0.25, 0.3) is 0 Å². The molecule has 2 aliphatic heterocycles. The minimum Gasteiger partial charge on any atom is -0.337 e. The van der Waals surface area contributed by atoms with Crippen molar-refractivity contribution in [2.24, 2.45) is 0 Å². The molecule has 28 heavy (non-hydrogen) atoms. The second-order valence-electron chi connectivity index (χ2n) is 8.19. The molecule has 5 nitrogen and oxygen atoms in total. The van der Waals surface area contributed by atoms with Crippen molar-refractivity contribution < 1.29 is 4.79 Å². The molecule has 152 valence electrons. The highest BCUT2D eigenvalue weighted by molar-refractivity contribution is 7.14. The molecule has 0 saturated carbocycles. The van der Waals surface area contributed by atoms with Crippen molar-refractivity contribution in [3.8, 4) is 0 Å². The van der Waals surface area contributed by atoms with Crippen molar-refractivity contribution in [2.45, 2.75) is 84.1 Å². The van der Waals surface area contributed by atoms with E-state index in [9.17, 15) is 4.79 Å². The zero-order valence-electron chi connectivity index (χ0n) is 17.2. The van der Waals surface area contributed by atoms with E-state index in [-0.39, 0.29) is 5.91 Å². The van der Waals surface area contributed by atoms with Gasteiger partial charge in [0.15, 0.2) is 0 Å². The highest BCUT2D eigenvalue weighted by Crippen LogP contribution is 2.31. The predicted molar refractivity (Wildman–Crippen MR) is 113 cm³/mol. The molecule has 1 unspecified atom stereocenters. The van der Waals surface area contributed by atoms with Crippen LogP contribution in [-0.2, 0) is 25.8 Å². The summed E-state index contributed by atoms with van der Waals surface area (Å²) < 4.78 is 2.35. The Morgan fingerprint density at radius 3 is 2.89 bits per heavy atom. The third kappa shape index (κ3) is 3.88. The van der Waals surface area contributed by atoms with Gasteiger partial charge in [-0.1, -0.05) is 26.7 Å². The van der Waals surface area contributed by atoms with Crippen molar-refractivity contribution >= 4 is 17.2 Å². The number of hydrogen-bond donors (Lipinski definition) is 0. The first-order valence-corrected chi connectivity index (χ1v) is 11.9. The maximum atomic E-state index is 13.2. The number of aromatic nitrogens is 3. The number of aryl methyl sites for hydroxylation is 3. The summed E-state index contributed by atoms with van der Waals surface area (Å²) in [7, 11) is 0. The summed E-state index contributed by atoms with van der Waals surface area (Å²) in [5.41, 5.74) is 1.35. The van der Waals surface area contributed by atoms with E-state index in [1.807, 2.05) is 0 Å². The van der Waals surface area contributed by atoms with Crippen LogP contribution in [0.15, 0.2) is 6.07 Å². The Labute approximate surface area is 172 Å². The van der Waals surface area contributed by atoms with Gasteiger partial charge in [0, 0.05) is 36.9 Å². The predicted octanol–water partition coefficient (Wildman–Crippen LogP) is 4.60. The Bertz CT molecular complexity index is 825. The van der Waals surface area contributed by atoms with E-state index in [2.05, 4.69) is 39.6 Å². The summed E-state index contributed by atoms with van der Waals surface area (Å²) in [6.07, 6.45) is 10.1. The van der Waals surface area contributed by atoms with Crippen molar-refractivity contribution in [1.82, 2.24) is 19.7 Å². The Balaban J connectivity index is 1.51. The SMILES string of the molecule is CCCc1sc(C(=O)N2CCCC(c3nnc4n3CCCCC4)C2)cc1CC. The summed E-state index contributed by atoms with van der Waals surface area (Å²) in [5, 5.41) is 9.04. The number of likely N-dealkylation sites (tertiary alicyclic amines) is 1. The second-order valence-corrected chi connectivity index (χ2v) is 9.33. The summed E-state index contributed by atoms with van der Waals surface area (Å²) >= 11 is 1.71. The molecule has 2 aromatic rings. The van der Waals surface area contributed by atoms with Crippen LogP contribution >= 0.6 is 11.3 Å². The number of carbonyl (C=O) groups excluding carboxylic acids is 1. The van der Waals surface area contributed by atoms with Crippen LogP contribution in [0.3, 0.4) is 0 Å². The average molecular weight is 401 g/mol. The molecular formula is C22H32N4OS. The number of carbonyl (C=O) groups is 1. The Kier molecular flexibility index (Phi) is 6.14. The second kappa shape index (κ2) is 8.76. The van der Waals surface area contributed by atoms with Crippen molar-refractivity contribution in [2.75, 3.05) is 13.1 Å². The third-order valence-corrected chi connectivity index (χ3v) is 7.40. The molecule has 0 spiro atoms. The van der Waals surface area contributed by atoms with Gasteiger partial charge in [-0.2, -0.15) is 0 Å². The molecule has 0 aliphatic carbocycles. The largest absolute Gasteiger partial charge is 0.337 e. The molecule has 1 saturated heterocycles. The number of hydrogen-bond acceptors (Lipinski definition) is 4. The number of piperidine rings is 1. The Morgan fingerprint density at radius 1 is 1.18 bits per heavy atom. The van der Waals surface area contributed by atoms with Crippen LogP contribution in [-0.4, -0.2) is 38.7 Å². The fraction of sp³-hybridized carbons (Fsp3) is 0.682. The first-order valence-electron chi connectivity index (χ1n) is 11.0. The fourth-order valence-corrected chi connectivity index (χ4v) is 5.97. The Hall–Kier alpha value is -1.69. The number of fused-ring (bicyclic) bond motifs is 1. The molecule has 1 fully saturated rings. The zero-order chi connectivity index (χ0) is 19.5. The van der Waals surface area contributed by atoms with Gasteiger partial charge in [-0.25, -0.2) is 0 Å². The van der Waals surface area contributed by atoms with Gasteiger partial charge < -0.3 is 9.47 Å². The van der Waals surface area contributed by atoms with Gasteiger partial charge in [-0.3, -0.25) is 4.79 Å². The molecular weight excluding hydrogens is 368 g/mol. The van der Waals surface area contributed by atoms with Gasteiger partial charge in [0.1, 0.15) is 11.6 Å². The topological polar surface area (TPSA) is 51.0 Å². The number of nitrogens with zero attached hydrogens (tertiary/aromatic N) is 4. The van der Waals surface area contributed by atoms with E-state index in [4.69, 9.17) is 0 Å². The van der Waals surface area contributed by atoms with E-state index < -0.39 is 0 Å². The lowest BCUT2D eigenvalue weighted by molar-refractivity contribution is 0.0708. The highest BCUT2D eigenvalue weighted by Gasteiger charge is 2.30. The number of amides is 1. The fourth-order valence-electron chi connectivity index (χ4n) is 4.65. The first kappa shape index (κ1) is 19.6. The van der Waals surface area contributed by atoms with Crippen molar-refractivity contribution in [3.05, 3.63) is 33.0 Å². The molecule has 0 bridgehead atoms. The molecule has 0 aromatic carbocycles. The van der Waals surface area contributed by atoms with E-state index in [0.717, 1.165) is 74.7 Å².